The van der Waals surface area contributed by atoms with Crippen LogP contribution in [0, 0.1) is 0 Å². The van der Waals surface area contributed by atoms with Gasteiger partial charge in [-0.2, -0.15) is 10.2 Å². The summed E-state index contributed by atoms with van der Waals surface area (Å²) in [6, 6.07) is 10.2. The van der Waals surface area contributed by atoms with Crippen LogP contribution in [0.25, 0.3) is 0 Å². The molecule has 0 fully saturated rings. The Morgan fingerprint density at radius 3 is 2.79 bits per heavy atom. The van der Waals surface area contributed by atoms with Crippen LogP contribution in [0.4, 0.5) is 0 Å². The lowest BCUT2D eigenvalue weighted by atomic mass is 10.00. The maximum absolute atomic E-state index is 5.29. The summed E-state index contributed by atoms with van der Waals surface area (Å²) in [5, 5.41) is 11.3. The first kappa shape index (κ1) is 13.5. The van der Waals surface area contributed by atoms with E-state index in [4.69, 9.17) is 4.74 Å². The highest BCUT2D eigenvalue weighted by atomic mass is 16.5. The molecule has 0 aliphatic rings. The number of aromatic nitrogens is 2. The largest absolute Gasteiger partial charge is 0.497 e. The third-order valence-corrected chi connectivity index (χ3v) is 2.97. The molecule has 4 nitrogen and oxygen atoms in total. The van der Waals surface area contributed by atoms with E-state index >= 15 is 0 Å². The zero-order chi connectivity index (χ0) is 13.5. The quantitative estimate of drug-likeness (QED) is 0.864. The van der Waals surface area contributed by atoms with Gasteiger partial charge in [0.05, 0.1) is 19.3 Å². The second kappa shape index (κ2) is 6.85. The molecule has 1 N–H and O–H groups in total. The van der Waals surface area contributed by atoms with Gasteiger partial charge in [0.25, 0.3) is 0 Å². The standard InChI is InChI=1S/C15H19N3O/c1-3-8-16-15(13-7-9-17-18-11-13)12-5-4-6-14(10-12)19-2/h4-7,9-11,15-16H,3,8H2,1-2H3. The molecule has 2 aromatic rings. The molecule has 0 radical (unpaired) electrons. The fourth-order valence-corrected chi connectivity index (χ4v) is 2.01. The number of hydrogen-bond donors (Lipinski definition) is 1. The van der Waals surface area contributed by atoms with Gasteiger partial charge in [-0.05, 0) is 42.3 Å². The predicted octanol–water partition coefficient (Wildman–Crippen LogP) is 2.57. The first-order valence-corrected chi connectivity index (χ1v) is 6.49. The van der Waals surface area contributed by atoms with Gasteiger partial charge in [-0.25, -0.2) is 0 Å². The van der Waals surface area contributed by atoms with Gasteiger partial charge in [0, 0.05) is 6.20 Å². The average Bonchev–Trinajstić information content (AvgIpc) is 2.49. The number of methoxy groups -OCH3 is 1. The van der Waals surface area contributed by atoms with Crippen molar-refractivity contribution >= 4 is 0 Å². The summed E-state index contributed by atoms with van der Waals surface area (Å²) in [5.41, 5.74) is 2.28. The molecule has 1 unspecified atom stereocenters. The number of ether oxygens (including phenoxy) is 1. The molecule has 1 aromatic carbocycles. The summed E-state index contributed by atoms with van der Waals surface area (Å²) in [6.07, 6.45) is 4.60. The van der Waals surface area contributed by atoms with Crippen molar-refractivity contribution in [2.75, 3.05) is 13.7 Å². The molecule has 0 spiro atoms. The minimum Gasteiger partial charge on any atom is -0.497 e. The lowest BCUT2D eigenvalue weighted by Crippen LogP contribution is -2.23. The van der Waals surface area contributed by atoms with Gasteiger partial charge in [-0.1, -0.05) is 19.1 Å². The molecule has 0 saturated carbocycles. The van der Waals surface area contributed by atoms with E-state index in [1.807, 2.05) is 24.3 Å². The number of benzene rings is 1. The van der Waals surface area contributed by atoms with Crippen molar-refractivity contribution in [1.29, 1.82) is 0 Å². The van der Waals surface area contributed by atoms with Crippen molar-refractivity contribution in [1.82, 2.24) is 15.5 Å². The van der Waals surface area contributed by atoms with Crippen molar-refractivity contribution in [3.63, 3.8) is 0 Å². The minimum atomic E-state index is 0.116. The topological polar surface area (TPSA) is 47.0 Å². The second-order valence-electron chi connectivity index (χ2n) is 4.34. The molecule has 100 valence electrons. The maximum atomic E-state index is 5.29. The molecule has 1 aromatic heterocycles. The zero-order valence-electron chi connectivity index (χ0n) is 11.3. The van der Waals surface area contributed by atoms with Crippen LogP contribution in [-0.4, -0.2) is 23.9 Å². The molecule has 0 bridgehead atoms. The highest BCUT2D eigenvalue weighted by Gasteiger charge is 2.14. The Bertz CT molecular complexity index is 502. The van der Waals surface area contributed by atoms with Gasteiger partial charge in [-0.3, -0.25) is 0 Å². The second-order valence-corrected chi connectivity index (χ2v) is 4.34. The Labute approximate surface area is 113 Å². The molecular weight excluding hydrogens is 238 g/mol. The molecule has 0 aliphatic heterocycles. The molecule has 0 amide bonds. The first-order valence-electron chi connectivity index (χ1n) is 6.49. The summed E-state index contributed by atoms with van der Waals surface area (Å²) in [6.45, 7) is 3.10. The SMILES string of the molecule is CCCNC(c1ccnnc1)c1cccc(OC)c1. The van der Waals surface area contributed by atoms with E-state index in [1.54, 1.807) is 19.5 Å². The number of nitrogens with zero attached hydrogens (tertiary/aromatic N) is 2. The molecule has 0 aliphatic carbocycles. The fourth-order valence-electron chi connectivity index (χ4n) is 2.01. The maximum Gasteiger partial charge on any atom is 0.119 e. The van der Waals surface area contributed by atoms with Crippen LogP contribution in [0.1, 0.15) is 30.5 Å². The van der Waals surface area contributed by atoms with E-state index < -0.39 is 0 Å². The lowest BCUT2D eigenvalue weighted by molar-refractivity contribution is 0.413. The van der Waals surface area contributed by atoms with Crippen molar-refractivity contribution in [3.8, 4) is 5.75 Å². The van der Waals surface area contributed by atoms with Crippen LogP contribution >= 0.6 is 0 Å². The van der Waals surface area contributed by atoms with Crippen molar-refractivity contribution in [2.45, 2.75) is 19.4 Å². The van der Waals surface area contributed by atoms with Gasteiger partial charge in [-0.15, -0.1) is 0 Å². The molecule has 19 heavy (non-hydrogen) atoms. The Balaban J connectivity index is 2.31. The van der Waals surface area contributed by atoms with E-state index in [0.29, 0.717) is 0 Å². The van der Waals surface area contributed by atoms with Gasteiger partial charge >= 0.3 is 0 Å². The normalized spacial score (nSPS) is 12.1. The van der Waals surface area contributed by atoms with Crippen LogP contribution in [0.3, 0.4) is 0 Å². The van der Waals surface area contributed by atoms with E-state index in [2.05, 4.69) is 28.5 Å². The summed E-state index contributed by atoms with van der Waals surface area (Å²) in [5.74, 6) is 0.864. The lowest BCUT2D eigenvalue weighted by Gasteiger charge is -2.19. The van der Waals surface area contributed by atoms with Crippen LogP contribution in [0.5, 0.6) is 5.75 Å². The van der Waals surface area contributed by atoms with Gasteiger partial charge < -0.3 is 10.1 Å². The van der Waals surface area contributed by atoms with Crippen molar-refractivity contribution < 1.29 is 4.74 Å². The smallest absolute Gasteiger partial charge is 0.119 e. The van der Waals surface area contributed by atoms with Crippen LogP contribution < -0.4 is 10.1 Å². The molecule has 4 heteroatoms. The highest BCUT2D eigenvalue weighted by Crippen LogP contribution is 2.24. The Kier molecular flexibility index (Phi) is 4.86. The zero-order valence-corrected chi connectivity index (χ0v) is 11.3. The van der Waals surface area contributed by atoms with Crippen LogP contribution in [-0.2, 0) is 0 Å². The van der Waals surface area contributed by atoms with Crippen LogP contribution in [0.15, 0.2) is 42.7 Å². The van der Waals surface area contributed by atoms with E-state index in [0.717, 1.165) is 24.3 Å². The van der Waals surface area contributed by atoms with Gasteiger partial charge in [0.15, 0.2) is 0 Å². The third-order valence-electron chi connectivity index (χ3n) is 2.97. The summed E-state index contributed by atoms with van der Waals surface area (Å²) >= 11 is 0. The molecule has 1 atom stereocenters. The van der Waals surface area contributed by atoms with Crippen molar-refractivity contribution in [2.24, 2.45) is 0 Å². The Morgan fingerprint density at radius 2 is 2.11 bits per heavy atom. The summed E-state index contributed by atoms with van der Waals surface area (Å²) < 4.78 is 5.29. The van der Waals surface area contributed by atoms with Gasteiger partial charge in [0.1, 0.15) is 5.75 Å². The monoisotopic (exact) mass is 257 g/mol. The van der Waals surface area contributed by atoms with E-state index in [9.17, 15) is 0 Å². The number of nitrogens with one attached hydrogen (secondary N) is 1. The Morgan fingerprint density at radius 1 is 1.21 bits per heavy atom. The van der Waals surface area contributed by atoms with E-state index in [1.165, 1.54) is 5.56 Å². The average molecular weight is 257 g/mol. The summed E-state index contributed by atoms with van der Waals surface area (Å²) in [4.78, 5) is 0. The molecule has 2 rings (SSSR count). The third kappa shape index (κ3) is 3.51. The molecular formula is C15H19N3O. The highest BCUT2D eigenvalue weighted by molar-refractivity contribution is 5.35. The Hall–Kier alpha value is -1.94. The van der Waals surface area contributed by atoms with Gasteiger partial charge in [0.2, 0.25) is 0 Å². The molecule has 0 saturated heterocycles. The molecule has 1 heterocycles. The minimum absolute atomic E-state index is 0.116. The van der Waals surface area contributed by atoms with Crippen molar-refractivity contribution in [3.05, 3.63) is 53.9 Å². The predicted molar refractivity (Wildman–Crippen MR) is 75.2 cm³/mol. The number of hydrogen-bond acceptors (Lipinski definition) is 4. The van der Waals surface area contributed by atoms with Crippen LogP contribution in [0.2, 0.25) is 0 Å². The van der Waals surface area contributed by atoms with E-state index in [-0.39, 0.29) is 6.04 Å². The first-order chi connectivity index (χ1) is 9.35. The number of rotatable bonds is 6. The fraction of sp³-hybridized carbons (Fsp3) is 0.333. The summed E-state index contributed by atoms with van der Waals surface area (Å²) in [7, 11) is 1.68.